The number of nitrogens with one attached hydrogen (secondary N) is 1. The maximum atomic E-state index is 12.4. The van der Waals surface area contributed by atoms with E-state index in [1.807, 2.05) is 6.92 Å². The molecule has 1 aromatic rings. The maximum absolute atomic E-state index is 12.4. The zero-order chi connectivity index (χ0) is 13.1. The summed E-state index contributed by atoms with van der Waals surface area (Å²) in [6.07, 6.45) is 5.35. The number of thiazole rings is 1. The van der Waals surface area contributed by atoms with Gasteiger partial charge < -0.3 is 9.88 Å². The molecule has 0 unspecified atom stereocenters. The van der Waals surface area contributed by atoms with E-state index < -0.39 is 0 Å². The van der Waals surface area contributed by atoms with E-state index in [1.165, 1.54) is 37.0 Å². The van der Waals surface area contributed by atoms with Crippen LogP contribution in [0.1, 0.15) is 43.2 Å². The lowest BCUT2D eigenvalue weighted by atomic mass is 10.2. The quantitative estimate of drug-likeness (QED) is 0.860. The van der Waals surface area contributed by atoms with Crippen LogP contribution in [0.15, 0.2) is 0 Å². The highest BCUT2D eigenvalue weighted by Crippen LogP contribution is 2.24. The third-order valence-electron chi connectivity index (χ3n) is 3.66. The average molecular weight is 284 g/mol. The van der Waals surface area contributed by atoms with Crippen LogP contribution < -0.4 is 0 Å². The second-order valence-corrected chi connectivity index (χ2v) is 6.63. The summed E-state index contributed by atoms with van der Waals surface area (Å²) in [7, 11) is 0. The Kier molecular flexibility index (Phi) is 4.56. The zero-order valence-electron chi connectivity index (χ0n) is 11.0. The molecule has 0 radical (unpaired) electrons. The summed E-state index contributed by atoms with van der Waals surface area (Å²) in [5.74, 6) is 0.248. The first kappa shape index (κ1) is 13.7. The summed E-state index contributed by atoms with van der Waals surface area (Å²) in [5, 5.41) is 0. The van der Waals surface area contributed by atoms with Gasteiger partial charge in [0.25, 0.3) is 0 Å². The molecule has 0 aliphatic heterocycles. The van der Waals surface area contributed by atoms with Gasteiger partial charge in [0.15, 0.2) is 3.95 Å². The van der Waals surface area contributed by atoms with Crippen LogP contribution in [-0.4, -0.2) is 28.4 Å². The topological polar surface area (TPSA) is 36.1 Å². The van der Waals surface area contributed by atoms with Crippen LogP contribution in [0.2, 0.25) is 0 Å². The summed E-state index contributed by atoms with van der Waals surface area (Å²) in [6, 6.07) is 0.467. The second-order valence-electron chi connectivity index (χ2n) is 4.86. The minimum absolute atomic E-state index is 0.248. The van der Waals surface area contributed by atoms with Crippen molar-refractivity contribution in [2.75, 3.05) is 6.54 Å². The van der Waals surface area contributed by atoms with Crippen molar-refractivity contribution in [2.24, 2.45) is 0 Å². The average Bonchev–Trinajstić information content (AvgIpc) is 2.91. The van der Waals surface area contributed by atoms with Gasteiger partial charge in [-0.05, 0) is 38.9 Å². The Morgan fingerprint density at radius 3 is 2.67 bits per heavy atom. The smallest absolute Gasteiger partial charge is 0.228 e. The highest BCUT2D eigenvalue weighted by molar-refractivity contribution is 7.73. The molecule has 0 saturated heterocycles. The third kappa shape index (κ3) is 3.01. The second kappa shape index (κ2) is 5.97. The van der Waals surface area contributed by atoms with Crippen molar-refractivity contribution < 1.29 is 4.79 Å². The number of aryl methyl sites for hydroxylation is 1. The number of carbonyl (C=O) groups is 1. The number of aromatic nitrogens is 1. The maximum Gasteiger partial charge on any atom is 0.228 e. The summed E-state index contributed by atoms with van der Waals surface area (Å²) < 4.78 is 0.763. The number of hydrogen-bond donors (Lipinski definition) is 1. The predicted octanol–water partition coefficient (Wildman–Crippen LogP) is 3.45. The molecule has 18 heavy (non-hydrogen) atoms. The molecule has 0 aromatic carbocycles. The Labute approximate surface area is 117 Å². The van der Waals surface area contributed by atoms with Gasteiger partial charge in [-0.25, -0.2) is 0 Å². The lowest BCUT2D eigenvalue weighted by Gasteiger charge is -2.27. The number of amides is 1. The Bertz CT molecular complexity index is 472. The number of likely N-dealkylation sites (N-methyl/N-ethyl adjacent to an activating group) is 1. The largest absolute Gasteiger partial charge is 0.341 e. The van der Waals surface area contributed by atoms with Crippen molar-refractivity contribution >= 4 is 29.5 Å². The first-order valence-electron chi connectivity index (χ1n) is 6.60. The van der Waals surface area contributed by atoms with Crippen molar-refractivity contribution in [3.05, 3.63) is 14.5 Å². The molecule has 1 saturated carbocycles. The number of aromatic amines is 1. The van der Waals surface area contributed by atoms with Gasteiger partial charge in [0.2, 0.25) is 5.91 Å². The fraction of sp³-hybridized carbons (Fsp3) is 0.692. The molecule has 1 aliphatic rings. The number of rotatable bonds is 4. The van der Waals surface area contributed by atoms with E-state index in [-0.39, 0.29) is 5.91 Å². The van der Waals surface area contributed by atoms with Crippen LogP contribution in [0.3, 0.4) is 0 Å². The molecule has 1 aromatic heterocycles. The Morgan fingerprint density at radius 2 is 2.17 bits per heavy atom. The number of hydrogen-bond acceptors (Lipinski definition) is 3. The summed E-state index contributed by atoms with van der Waals surface area (Å²) in [5.41, 5.74) is 1.04. The van der Waals surface area contributed by atoms with Gasteiger partial charge >= 0.3 is 0 Å². The van der Waals surface area contributed by atoms with Gasteiger partial charge in [0.1, 0.15) is 0 Å². The lowest BCUT2D eigenvalue weighted by molar-refractivity contribution is -0.132. The van der Waals surface area contributed by atoms with E-state index in [9.17, 15) is 4.79 Å². The Balaban J connectivity index is 2.05. The molecule has 1 N–H and O–H groups in total. The fourth-order valence-electron chi connectivity index (χ4n) is 2.70. The van der Waals surface area contributed by atoms with Crippen molar-refractivity contribution in [3.63, 3.8) is 0 Å². The summed E-state index contributed by atoms with van der Waals surface area (Å²) in [4.78, 5) is 18.6. The minimum atomic E-state index is 0.248. The molecule has 0 spiro atoms. The number of nitrogens with zero attached hydrogens (tertiary/aromatic N) is 1. The van der Waals surface area contributed by atoms with E-state index >= 15 is 0 Å². The third-order valence-corrected chi connectivity index (χ3v) is 5.00. The Hall–Kier alpha value is -0.680. The first-order chi connectivity index (χ1) is 8.61. The molecule has 1 aliphatic carbocycles. The van der Waals surface area contributed by atoms with Gasteiger partial charge in [-0.1, -0.05) is 12.8 Å². The monoisotopic (exact) mass is 284 g/mol. The van der Waals surface area contributed by atoms with Gasteiger partial charge in [0, 0.05) is 23.2 Å². The number of carbonyl (C=O) groups excluding carboxylic acids is 1. The van der Waals surface area contributed by atoms with Crippen LogP contribution in [0.5, 0.6) is 0 Å². The SMILES string of the molecule is CCN(C(=O)Cc1sc(=S)[nH]c1C)C1CCCC1. The van der Waals surface area contributed by atoms with E-state index in [0.29, 0.717) is 12.5 Å². The van der Waals surface area contributed by atoms with E-state index in [1.54, 1.807) is 0 Å². The molecule has 3 nitrogen and oxygen atoms in total. The van der Waals surface area contributed by atoms with E-state index in [2.05, 4.69) is 16.8 Å². The van der Waals surface area contributed by atoms with Crippen LogP contribution in [-0.2, 0) is 11.2 Å². The zero-order valence-corrected chi connectivity index (χ0v) is 12.6. The van der Waals surface area contributed by atoms with Gasteiger partial charge in [-0.3, -0.25) is 4.79 Å². The molecular formula is C13H20N2OS2. The molecule has 1 fully saturated rings. The first-order valence-corrected chi connectivity index (χ1v) is 7.82. The molecule has 5 heteroatoms. The van der Waals surface area contributed by atoms with Gasteiger partial charge in [0.05, 0.1) is 6.42 Å². The summed E-state index contributed by atoms with van der Waals surface area (Å²) >= 11 is 6.64. The van der Waals surface area contributed by atoms with Crippen molar-refractivity contribution in [2.45, 2.75) is 52.0 Å². The van der Waals surface area contributed by atoms with Gasteiger partial charge in [-0.15, -0.1) is 11.3 Å². The van der Waals surface area contributed by atoms with E-state index in [0.717, 1.165) is 21.1 Å². The van der Waals surface area contributed by atoms with E-state index in [4.69, 9.17) is 12.2 Å². The predicted molar refractivity (Wildman–Crippen MR) is 77.6 cm³/mol. The summed E-state index contributed by atoms with van der Waals surface area (Å²) in [6.45, 7) is 4.88. The molecule has 2 rings (SSSR count). The standard InChI is InChI=1S/C13H20N2OS2/c1-3-15(10-6-4-5-7-10)12(16)8-11-9(2)14-13(17)18-11/h10H,3-8H2,1-2H3,(H,14,17). The molecule has 100 valence electrons. The fourth-order valence-corrected chi connectivity index (χ4v) is 3.98. The normalized spacial score (nSPS) is 16.1. The molecule has 1 heterocycles. The van der Waals surface area contributed by atoms with Crippen LogP contribution in [0.25, 0.3) is 0 Å². The van der Waals surface area contributed by atoms with Crippen molar-refractivity contribution in [1.82, 2.24) is 9.88 Å². The molecule has 0 bridgehead atoms. The van der Waals surface area contributed by atoms with Crippen LogP contribution in [0.4, 0.5) is 0 Å². The highest BCUT2D eigenvalue weighted by atomic mass is 32.1. The molecular weight excluding hydrogens is 264 g/mol. The lowest BCUT2D eigenvalue weighted by Crippen LogP contribution is -2.39. The van der Waals surface area contributed by atoms with Crippen molar-refractivity contribution in [1.29, 1.82) is 0 Å². The highest BCUT2D eigenvalue weighted by Gasteiger charge is 2.25. The van der Waals surface area contributed by atoms with Crippen molar-refractivity contribution in [3.8, 4) is 0 Å². The number of H-pyrrole nitrogens is 1. The Morgan fingerprint density at radius 1 is 1.50 bits per heavy atom. The van der Waals surface area contributed by atoms with Gasteiger partial charge in [-0.2, -0.15) is 0 Å². The molecule has 0 atom stereocenters. The minimum Gasteiger partial charge on any atom is -0.341 e. The molecule has 1 amide bonds. The van der Waals surface area contributed by atoms with Crippen LogP contribution in [0, 0.1) is 10.9 Å². The van der Waals surface area contributed by atoms with Crippen LogP contribution >= 0.6 is 23.6 Å².